The molecule has 14 heavy (non-hydrogen) atoms. The summed E-state index contributed by atoms with van der Waals surface area (Å²) in [5.41, 5.74) is 6.30. The zero-order chi connectivity index (χ0) is 9.97. The van der Waals surface area contributed by atoms with Crippen molar-refractivity contribution < 1.29 is 0 Å². The molecule has 2 aromatic rings. The Hall–Kier alpha value is -1.20. The minimum Gasteiger partial charge on any atom is -0.389 e. The molecule has 2 N–H and O–H groups in total. The van der Waals surface area contributed by atoms with Crippen molar-refractivity contribution in [3.63, 3.8) is 0 Å². The van der Waals surface area contributed by atoms with Crippen LogP contribution < -0.4 is 5.73 Å². The molecule has 2 heterocycles. The first-order valence-electron chi connectivity index (χ1n) is 4.10. The monoisotopic (exact) mass is 223 g/mol. The van der Waals surface area contributed by atoms with Crippen LogP contribution in [0.4, 0.5) is 0 Å². The van der Waals surface area contributed by atoms with E-state index >= 15 is 0 Å². The van der Waals surface area contributed by atoms with Crippen molar-refractivity contribution in [2.24, 2.45) is 5.73 Å². The van der Waals surface area contributed by atoms with Crippen LogP contribution in [0.15, 0.2) is 29.9 Å². The van der Waals surface area contributed by atoms with Gasteiger partial charge in [0.05, 0.1) is 12.7 Å². The zero-order valence-corrected chi connectivity index (χ0v) is 9.02. The van der Waals surface area contributed by atoms with Crippen LogP contribution in [0.5, 0.6) is 0 Å². The highest BCUT2D eigenvalue weighted by Gasteiger charge is 2.01. The van der Waals surface area contributed by atoms with Crippen LogP contribution in [-0.4, -0.2) is 14.8 Å². The Kier molecular flexibility index (Phi) is 2.60. The zero-order valence-electron chi connectivity index (χ0n) is 7.38. The first kappa shape index (κ1) is 9.36. The second kappa shape index (κ2) is 3.89. The fraction of sp³-hybridized carbons (Fsp3) is 0.111. The van der Waals surface area contributed by atoms with Crippen molar-refractivity contribution in [1.29, 1.82) is 0 Å². The third kappa shape index (κ3) is 2.00. The van der Waals surface area contributed by atoms with Gasteiger partial charge in [-0.15, -0.1) is 11.3 Å². The summed E-state index contributed by atoms with van der Waals surface area (Å²) in [6.45, 7) is 0.778. The third-order valence-electron chi connectivity index (χ3n) is 1.82. The van der Waals surface area contributed by atoms with Crippen LogP contribution in [0, 0.1) is 0 Å². The first-order chi connectivity index (χ1) is 6.75. The number of thiocarbonyl (C=S) groups is 1. The Morgan fingerprint density at radius 2 is 2.50 bits per heavy atom. The second-order valence-electron chi connectivity index (χ2n) is 2.87. The van der Waals surface area contributed by atoms with Gasteiger partial charge in [0.15, 0.2) is 0 Å². The van der Waals surface area contributed by atoms with Gasteiger partial charge >= 0.3 is 0 Å². The van der Waals surface area contributed by atoms with E-state index in [1.807, 2.05) is 22.3 Å². The molecule has 0 aliphatic carbocycles. The van der Waals surface area contributed by atoms with Crippen molar-refractivity contribution >= 4 is 28.5 Å². The summed E-state index contributed by atoms with van der Waals surface area (Å²) in [7, 11) is 0. The Labute approximate surface area is 91.2 Å². The van der Waals surface area contributed by atoms with Gasteiger partial charge in [0, 0.05) is 16.6 Å². The van der Waals surface area contributed by atoms with E-state index in [4.69, 9.17) is 18.0 Å². The van der Waals surface area contributed by atoms with Gasteiger partial charge < -0.3 is 5.73 Å². The molecule has 0 aromatic carbocycles. The summed E-state index contributed by atoms with van der Waals surface area (Å²) < 4.78 is 1.83. The number of nitrogens with zero attached hydrogens (tertiary/aromatic N) is 2. The minimum atomic E-state index is 0.391. The second-order valence-corrected chi connectivity index (χ2v) is 4.34. The molecule has 72 valence electrons. The Morgan fingerprint density at radius 3 is 3.07 bits per heavy atom. The Bertz CT molecular complexity index is 431. The first-order valence-corrected chi connectivity index (χ1v) is 5.39. The SMILES string of the molecule is NC(=S)c1cnn(Cc2cccs2)c1. The van der Waals surface area contributed by atoms with E-state index in [1.54, 1.807) is 17.5 Å². The number of thiophene rings is 1. The largest absolute Gasteiger partial charge is 0.389 e. The molecule has 0 unspecified atom stereocenters. The van der Waals surface area contributed by atoms with Crippen molar-refractivity contribution in [3.8, 4) is 0 Å². The molecule has 0 radical (unpaired) electrons. The van der Waals surface area contributed by atoms with Crippen molar-refractivity contribution in [3.05, 3.63) is 40.3 Å². The van der Waals surface area contributed by atoms with E-state index in [-0.39, 0.29) is 0 Å². The lowest BCUT2D eigenvalue weighted by Gasteiger charge is -1.96. The maximum atomic E-state index is 5.48. The topological polar surface area (TPSA) is 43.8 Å². The lowest BCUT2D eigenvalue weighted by molar-refractivity contribution is 0.695. The van der Waals surface area contributed by atoms with Gasteiger partial charge in [-0.2, -0.15) is 5.10 Å². The van der Waals surface area contributed by atoms with Crippen LogP contribution in [0.3, 0.4) is 0 Å². The van der Waals surface area contributed by atoms with E-state index in [0.29, 0.717) is 4.99 Å². The maximum Gasteiger partial charge on any atom is 0.107 e. The fourth-order valence-corrected chi connectivity index (χ4v) is 1.94. The number of rotatable bonds is 3. The molecule has 0 amide bonds. The van der Waals surface area contributed by atoms with E-state index in [9.17, 15) is 0 Å². The molecule has 2 aromatic heterocycles. The molecule has 5 heteroatoms. The molecule has 2 rings (SSSR count). The lowest BCUT2D eigenvalue weighted by Crippen LogP contribution is -2.08. The molecule has 0 aliphatic heterocycles. The normalized spacial score (nSPS) is 10.3. The highest BCUT2D eigenvalue weighted by Crippen LogP contribution is 2.10. The summed E-state index contributed by atoms with van der Waals surface area (Å²) in [6.07, 6.45) is 3.55. The summed E-state index contributed by atoms with van der Waals surface area (Å²) >= 11 is 6.56. The van der Waals surface area contributed by atoms with Crippen LogP contribution in [0.2, 0.25) is 0 Å². The molecule has 0 saturated carbocycles. The molecule has 0 spiro atoms. The quantitative estimate of drug-likeness (QED) is 0.804. The average molecular weight is 223 g/mol. The van der Waals surface area contributed by atoms with Crippen molar-refractivity contribution in [2.45, 2.75) is 6.54 Å². The van der Waals surface area contributed by atoms with Crippen molar-refractivity contribution in [1.82, 2.24) is 9.78 Å². The van der Waals surface area contributed by atoms with Gasteiger partial charge in [-0.25, -0.2) is 0 Å². The lowest BCUT2D eigenvalue weighted by atomic mass is 10.4. The summed E-state index contributed by atoms with van der Waals surface area (Å²) in [6, 6.07) is 4.10. The van der Waals surface area contributed by atoms with E-state index < -0.39 is 0 Å². The van der Waals surface area contributed by atoms with Crippen molar-refractivity contribution in [2.75, 3.05) is 0 Å². The maximum absolute atomic E-state index is 5.48. The molecule has 0 atom stereocenters. The van der Waals surface area contributed by atoms with Gasteiger partial charge in [-0.3, -0.25) is 4.68 Å². The molecule has 0 saturated heterocycles. The number of aromatic nitrogens is 2. The Balaban J connectivity index is 2.14. The summed E-state index contributed by atoms with van der Waals surface area (Å²) in [5, 5.41) is 6.22. The van der Waals surface area contributed by atoms with Gasteiger partial charge in [0.25, 0.3) is 0 Å². The summed E-state index contributed by atoms with van der Waals surface area (Å²) in [5.74, 6) is 0. The summed E-state index contributed by atoms with van der Waals surface area (Å²) in [4.78, 5) is 1.66. The predicted octanol–water partition coefficient (Wildman–Crippen LogP) is 1.63. The molecule has 0 fully saturated rings. The third-order valence-corrected chi connectivity index (χ3v) is 2.91. The van der Waals surface area contributed by atoms with Crippen LogP contribution in [0.25, 0.3) is 0 Å². The number of hydrogen-bond donors (Lipinski definition) is 1. The smallest absolute Gasteiger partial charge is 0.107 e. The van der Waals surface area contributed by atoms with E-state index in [1.165, 1.54) is 4.88 Å². The number of nitrogens with two attached hydrogens (primary N) is 1. The molecular formula is C9H9N3S2. The minimum absolute atomic E-state index is 0.391. The van der Waals surface area contributed by atoms with Crippen LogP contribution in [0.1, 0.15) is 10.4 Å². The van der Waals surface area contributed by atoms with E-state index in [0.717, 1.165) is 12.1 Å². The standard InChI is InChI=1S/C9H9N3S2/c10-9(13)7-4-11-12(5-7)6-8-2-1-3-14-8/h1-5H,6H2,(H2,10,13). The highest BCUT2D eigenvalue weighted by molar-refractivity contribution is 7.80. The molecular weight excluding hydrogens is 214 g/mol. The van der Waals surface area contributed by atoms with Gasteiger partial charge in [-0.05, 0) is 11.4 Å². The molecule has 0 bridgehead atoms. The fourth-order valence-electron chi connectivity index (χ4n) is 1.14. The van der Waals surface area contributed by atoms with Gasteiger partial charge in [-0.1, -0.05) is 18.3 Å². The number of hydrogen-bond acceptors (Lipinski definition) is 3. The molecule has 3 nitrogen and oxygen atoms in total. The highest BCUT2D eigenvalue weighted by atomic mass is 32.1. The van der Waals surface area contributed by atoms with Gasteiger partial charge in [0.2, 0.25) is 0 Å². The Morgan fingerprint density at radius 1 is 1.64 bits per heavy atom. The predicted molar refractivity (Wildman–Crippen MR) is 61.5 cm³/mol. The van der Waals surface area contributed by atoms with Crippen LogP contribution >= 0.6 is 23.6 Å². The average Bonchev–Trinajstić information content (AvgIpc) is 2.75. The van der Waals surface area contributed by atoms with Crippen LogP contribution in [-0.2, 0) is 6.54 Å². The van der Waals surface area contributed by atoms with E-state index in [2.05, 4.69) is 11.2 Å². The van der Waals surface area contributed by atoms with Gasteiger partial charge in [0.1, 0.15) is 4.99 Å². The molecule has 0 aliphatic rings.